The van der Waals surface area contributed by atoms with E-state index < -0.39 is 0 Å². The van der Waals surface area contributed by atoms with Crippen LogP contribution in [0.3, 0.4) is 0 Å². The zero-order valence-electron chi connectivity index (χ0n) is 14.3. The molecule has 2 aliphatic rings. The van der Waals surface area contributed by atoms with Gasteiger partial charge in [-0.25, -0.2) is 0 Å². The number of nitrogens with zero attached hydrogens (tertiary/aromatic N) is 2. The van der Waals surface area contributed by atoms with Gasteiger partial charge in [-0.15, -0.1) is 0 Å². The SMILES string of the molecule is Cc1cnc2c(c1)C=Cc1cc(Cl)ccc1C2C1CCN(C)CC1. The Hall–Kier alpha value is -1.64. The Labute approximate surface area is 149 Å². The summed E-state index contributed by atoms with van der Waals surface area (Å²) < 4.78 is 0. The molecule has 0 amide bonds. The highest BCUT2D eigenvalue weighted by Crippen LogP contribution is 2.42. The number of hydrogen-bond donors (Lipinski definition) is 0. The maximum Gasteiger partial charge on any atom is 0.0553 e. The Morgan fingerprint density at radius 2 is 1.83 bits per heavy atom. The summed E-state index contributed by atoms with van der Waals surface area (Å²) in [6.45, 7) is 4.44. The van der Waals surface area contributed by atoms with Crippen LogP contribution in [0.15, 0.2) is 30.5 Å². The van der Waals surface area contributed by atoms with Gasteiger partial charge in [0.1, 0.15) is 0 Å². The molecule has 0 radical (unpaired) electrons. The van der Waals surface area contributed by atoms with Gasteiger partial charge in [-0.3, -0.25) is 4.98 Å². The quantitative estimate of drug-likeness (QED) is 0.727. The van der Waals surface area contributed by atoms with Crippen molar-refractivity contribution in [2.75, 3.05) is 20.1 Å². The van der Waals surface area contributed by atoms with Gasteiger partial charge in [0.25, 0.3) is 0 Å². The summed E-state index contributed by atoms with van der Waals surface area (Å²) in [6, 6.07) is 8.58. The number of benzene rings is 1. The minimum absolute atomic E-state index is 0.358. The molecule has 0 spiro atoms. The van der Waals surface area contributed by atoms with Crippen LogP contribution in [-0.2, 0) is 0 Å². The molecule has 1 unspecified atom stereocenters. The number of pyridine rings is 1. The molecular weight excluding hydrogens is 316 g/mol. The van der Waals surface area contributed by atoms with Crippen molar-refractivity contribution in [3.63, 3.8) is 0 Å². The Bertz CT molecular complexity index is 733. The first kappa shape index (κ1) is 15.9. The lowest BCUT2D eigenvalue weighted by molar-refractivity contribution is 0.206. The maximum atomic E-state index is 6.26. The average molecular weight is 339 g/mol. The second-order valence-electron chi connectivity index (χ2n) is 7.21. The Morgan fingerprint density at radius 1 is 1.08 bits per heavy atom. The number of piperidine rings is 1. The van der Waals surface area contributed by atoms with Crippen LogP contribution in [0.4, 0.5) is 0 Å². The number of hydrogen-bond acceptors (Lipinski definition) is 2. The van der Waals surface area contributed by atoms with Gasteiger partial charge in [-0.05, 0) is 86.3 Å². The van der Waals surface area contributed by atoms with Crippen molar-refractivity contribution in [2.45, 2.75) is 25.7 Å². The molecule has 1 aliphatic carbocycles. The third-order valence-corrected chi connectivity index (χ3v) is 5.68. The lowest BCUT2D eigenvalue weighted by Gasteiger charge is -2.35. The highest BCUT2D eigenvalue weighted by atomic mass is 35.5. The van der Waals surface area contributed by atoms with Crippen molar-refractivity contribution in [3.8, 4) is 0 Å². The molecule has 1 aromatic heterocycles. The topological polar surface area (TPSA) is 16.1 Å². The Morgan fingerprint density at radius 3 is 2.62 bits per heavy atom. The lowest BCUT2D eigenvalue weighted by Crippen LogP contribution is -2.33. The van der Waals surface area contributed by atoms with Crippen molar-refractivity contribution in [1.29, 1.82) is 0 Å². The number of likely N-dealkylation sites (tertiary alicyclic amines) is 1. The van der Waals surface area contributed by atoms with E-state index in [9.17, 15) is 0 Å². The summed E-state index contributed by atoms with van der Waals surface area (Å²) in [5.41, 5.74) is 6.31. The monoisotopic (exact) mass is 338 g/mol. The van der Waals surface area contributed by atoms with Gasteiger partial charge in [0.15, 0.2) is 0 Å². The van der Waals surface area contributed by atoms with Gasteiger partial charge < -0.3 is 4.90 Å². The van der Waals surface area contributed by atoms with Crippen LogP contribution in [0.2, 0.25) is 5.02 Å². The van der Waals surface area contributed by atoms with Crippen LogP contribution < -0.4 is 0 Å². The summed E-state index contributed by atoms with van der Waals surface area (Å²) >= 11 is 6.26. The van der Waals surface area contributed by atoms with E-state index in [1.807, 2.05) is 12.3 Å². The van der Waals surface area contributed by atoms with Crippen LogP contribution in [-0.4, -0.2) is 30.0 Å². The van der Waals surface area contributed by atoms with E-state index in [0.717, 1.165) is 5.02 Å². The zero-order valence-corrected chi connectivity index (χ0v) is 15.1. The second kappa shape index (κ2) is 6.34. The van der Waals surface area contributed by atoms with E-state index in [4.69, 9.17) is 16.6 Å². The summed E-state index contributed by atoms with van der Waals surface area (Å²) in [5.74, 6) is 0.992. The predicted molar refractivity (Wildman–Crippen MR) is 101 cm³/mol. The summed E-state index contributed by atoms with van der Waals surface area (Å²) in [5, 5.41) is 0.802. The van der Waals surface area contributed by atoms with Gasteiger partial charge in [-0.1, -0.05) is 29.8 Å². The first-order valence-corrected chi connectivity index (χ1v) is 9.12. The van der Waals surface area contributed by atoms with E-state index in [-0.39, 0.29) is 0 Å². The Balaban J connectivity index is 1.85. The fourth-order valence-corrected chi connectivity index (χ4v) is 4.32. The second-order valence-corrected chi connectivity index (χ2v) is 7.65. The van der Waals surface area contributed by atoms with Gasteiger partial charge in [0.2, 0.25) is 0 Å². The fraction of sp³-hybridized carbons (Fsp3) is 0.381. The normalized spacial score (nSPS) is 21.2. The smallest absolute Gasteiger partial charge is 0.0553 e. The first-order valence-electron chi connectivity index (χ1n) is 8.74. The van der Waals surface area contributed by atoms with E-state index in [1.165, 1.54) is 53.9 Å². The van der Waals surface area contributed by atoms with Crippen molar-refractivity contribution in [2.24, 2.45) is 5.92 Å². The largest absolute Gasteiger partial charge is 0.306 e. The minimum Gasteiger partial charge on any atom is -0.306 e. The van der Waals surface area contributed by atoms with Crippen LogP contribution in [0.5, 0.6) is 0 Å². The van der Waals surface area contributed by atoms with Gasteiger partial charge in [0, 0.05) is 17.1 Å². The standard InChI is InChI=1S/C21H23ClN2/c1-14-11-17-4-3-16-12-18(22)5-6-19(16)20(21(17)23-13-14)15-7-9-24(2)10-8-15/h3-6,11-13,15,20H,7-10H2,1-2H3. The van der Waals surface area contributed by atoms with Crippen molar-refractivity contribution >= 4 is 23.8 Å². The summed E-state index contributed by atoms with van der Waals surface area (Å²) in [4.78, 5) is 7.31. The van der Waals surface area contributed by atoms with Gasteiger partial charge in [-0.2, -0.15) is 0 Å². The van der Waals surface area contributed by atoms with Crippen LogP contribution >= 0.6 is 11.6 Å². The molecule has 2 nitrogen and oxygen atoms in total. The molecule has 124 valence electrons. The lowest BCUT2D eigenvalue weighted by atomic mass is 9.76. The highest BCUT2D eigenvalue weighted by molar-refractivity contribution is 6.30. The predicted octanol–water partition coefficient (Wildman–Crippen LogP) is 5.00. The summed E-state index contributed by atoms with van der Waals surface area (Å²) in [7, 11) is 2.22. The molecule has 2 heterocycles. The Kier molecular flexibility index (Phi) is 4.19. The molecule has 4 rings (SSSR count). The van der Waals surface area contributed by atoms with Crippen LogP contribution in [0.1, 0.15) is 46.7 Å². The number of aryl methyl sites for hydroxylation is 1. The number of fused-ring (bicyclic) bond motifs is 2. The summed E-state index contributed by atoms with van der Waals surface area (Å²) in [6.07, 6.45) is 8.86. The molecule has 0 saturated carbocycles. The maximum absolute atomic E-state index is 6.26. The van der Waals surface area contributed by atoms with Gasteiger partial charge >= 0.3 is 0 Å². The average Bonchev–Trinajstić information content (AvgIpc) is 2.72. The van der Waals surface area contributed by atoms with E-state index in [1.54, 1.807) is 0 Å². The van der Waals surface area contributed by atoms with Crippen LogP contribution in [0, 0.1) is 12.8 Å². The molecule has 0 N–H and O–H groups in total. The van der Waals surface area contributed by atoms with Crippen LogP contribution in [0.25, 0.3) is 12.2 Å². The minimum atomic E-state index is 0.358. The molecule has 2 aromatic rings. The number of halogens is 1. The molecular formula is C21H23ClN2. The fourth-order valence-electron chi connectivity index (χ4n) is 4.13. The van der Waals surface area contributed by atoms with E-state index in [2.05, 4.69) is 49.2 Å². The van der Waals surface area contributed by atoms with Crippen molar-refractivity contribution in [1.82, 2.24) is 9.88 Å². The molecule has 1 saturated heterocycles. The molecule has 1 fully saturated rings. The number of rotatable bonds is 1. The molecule has 1 aromatic carbocycles. The first-order chi connectivity index (χ1) is 11.6. The van der Waals surface area contributed by atoms with Crippen molar-refractivity contribution in [3.05, 3.63) is 63.4 Å². The van der Waals surface area contributed by atoms with E-state index in [0.29, 0.717) is 11.8 Å². The zero-order chi connectivity index (χ0) is 16.7. The third kappa shape index (κ3) is 2.89. The third-order valence-electron chi connectivity index (χ3n) is 5.44. The molecule has 1 aliphatic heterocycles. The number of aromatic nitrogens is 1. The van der Waals surface area contributed by atoms with Crippen molar-refractivity contribution < 1.29 is 0 Å². The van der Waals surface area contributed by atoms with Gasteiger partial charge in [0.05, 0.1) is 5.69 Å². The van der Waals surface area contributed by atoms with E-state index >= 15 is 0 Å². The molecule has 3 heteroatoms. The molecule has 1 atom stereocenters. The molecule has 24 heavy (non-hydrogen) atoms. The molecule has 0 bridgehead atoms. The highest BCUT2D eigenvalue weighted by Gasteiger charge is 2.32.